The molecule has 1 heterocycles. The van der Waals surface area contributed by atoms with E-state index in [1.165, 1.54) is 23.1 Å². The Kier molecular flexibility index (Phi) is 4.77. The molecule has 1 aliphatic rings. The molecule has 3 rings (SSSR count). The molecule has 0 unspecified atom stereocenters. The Labute approximate surface area is 153 Å². The molecule has 2 amide bonds. The first-order chi connectivity index (χ1) is 12.3. The molecule has 8 nitrogen and oxygen atoms in total. The van der Waals surface area contributed by atoms with E-state index >= 15 is 0 Å². The molecule has 0 radical (unpaired) electrons. The second-order valence-corrected chi connectivity index (χ2v) is 6.12. The maximum Gasteiger partial charge on any atom is 0.271 e. The van der Waals surface area contributed by atoms with Crippen LogP contribution in [0.25, 0.3) is 0 Å². The molecule has 0 saturated heterocycles. The summed E-state index contributed by atoms with van der Waals surface area (Å²) in [4.78, 5) is 36.1. The molecule has 1 N–H and O–H groups in total. The number of aryl methyl sites for hydroxylation is 1. The molecule has 0 aliphatic carbocycles. The Morgan fingerprint density at radius 2 is 2.12 bits per heavy atom. The molecule has 1 aliphatic heterocycles. The number of non-ortho nitro benzene ring substituents is 1. The number of nitrogens with zero attached hydrogens (tertiary/aromatic N) is 2. The summed E-state index contributed by atoms with van der Waals surface area (Å²) < 4.78 is 5.27. The quantitative estimate of drug-likeness (QED) is 0.654. The summed E-state index contributed by atoms with van der Waals surface area (Å²) in [5.41, 5.74) is 1.33. The minimum absolute atomic E-state index is 0.188. The van der Waals surface area contributed by atoms with Crippen molar-refractivity contribution in [2.45, 2.75) is 6.92 Å². The van der Waals surface area contributed by atoms with Crippen LogP contribution >= 0.6 is 11.6 Å². The number of anilines is 2. The third kappa shape index (κ3) is 3.60. The fourth-order valence-corrected chi connectivity index (χ4v) is 2.71. The maximum absolute atomic E-state index is 12.4. The lowest BCUT2D eigenvalue weighted by Gasteiger charge is -2.28. The molecule has 0 aromatic heterocycles. The number of hydrogen-bond donors (Lipinski definition) is 1. The second-order valence-electron chi connectivity index (χ2n) is 5.69. The van der Waals surface area contributed by atoms with Crippen molar-refractivity contribution in [1.29, 1.82) is 0 Å². The average molecular weight is 376 g/mol. The van der Waals surface area contributed by atoms with E-state index in [0.29, 0.717) is 16.5 Å². The van der Waals surface area contributed by atoms with E-state index in [1.807, 2.05) is 6.92 Å². The molecule has 9 heteroatoms. The fraction of sp³-hybridized carbons (Fsp3) is 0.176. The van der Waals surface area contributed by atoms with E-state index in [0.717, 1.165) is 5.56 Å². The van der Waals surface area contributed by atoms with E-state index in [4.69, 9.17) is 16.3 Å². The number of nitrogens with one attached hydrogen (secondary N) is 1. The highest BCUT2D eigenvalue weighted by atomic mass is 35.5. The van der Waals surface area contributed by atoms with Gasteiger partial charge in [0.25, 0.3) is 11.6 Å². The number of nitro benzene ring substituents is 1. The molecule has 0 fully saturated rings. The molecular weight excluding hydrogens is 362 g/mol. The summed E-state index contributed by atoms with van der Waals surface area (Å²) in [6.45, 7) is 1.26. The van der Waals surface area contributed by atoms with Gasteiger partial charge in [-0.15, -0.1) is 0 Å². The van der Waals surface area contributed by atoms with Crippen LogP contribution in [0, 0.1) is 17.0 Å². The fourth-order valence-electron chi connectivity index (χ4n) is 2.54. The van der Waals surface area contributed by atoms with Gasteiger partial charge in [0.1, 0.15) is 12.3 Å². The number of hydrogen-bond acceptors (Lipinski definition) is 5. The van der Waals surface area contributed by atoms with Crippen molar-refractivity contribution in [1.82, 2.24) is 0 Å². The Bertz CT molecular complexity index is 915. The average Bonchev–Trinajstić information content (AvgIpc) is 2.60. The van der Waals surface area contributed by atoms with Crippen LogP contribution in [-0.4, -0.2) is 29.9 Å². The van der Waals surface area contributed by atoms with Crippen molar-refractivity contribution in [3.63, 3.8) is 0 Å². The lowest BCUT2D eigenvalue weighted by atomic mass is 10.2. The van der Waals surface area contributed by atoms with E-state index in [2.05, 4.69) is 5.32 Å². The SMILES string of the molecule is Cc1ccc(Cl)cc1NC(=O)CN1C(=O)COc2ccc([N+](=O)[O-])cc21. The van der Waals surface area contributed by atoms with Gasteiger partial charge in [0.05, 0.1) is 10.6 Å². The molecule has 0 atom stereocenters. The zero-order chi connectivity index (χ0) is 18.8. The van der Waals surface area contributed by atoms with Gasteiger partial charge >= 0.3 is 0 Å². The largest absolute Gasteiger partial charge is 0.482 e. The lowest BCUT2D eigenvalue weighted by Crippen LogP contribution is -2.43. The highest BCUT2D eigenvalue weighted by Crippen LogP contribution is 2.35. The van der Waals surface area contributed by atoms with Gasteiger partial charge in [0, 0.05) is 22.8 Å². The number of fused-ring (bicyclic) bond motifs is 1. The first-order valence-electron chi connectivity index (χ1n) is 7.63. The van der Waals surface area contributed by atoms with Crippen molar-refractivity contribution >= 4 is 40.5 Å². The molecule has 2 aromatic carbocycles. The first-order valence-corrected chi connectivity index (χ1v) is 8.00. The van der Waals surface area contributed by atoms with Crippen LogP contribution in [0.15, 0.2) is 36.4 Å². The molecule has 0 saturated carbocycles. The lowest BCUT2D eigenvalue weighted by molar-refractivity contribution is -0.384. The topological polar surface area (TPSA) is 102 Å². The van der Waals surface area contributed by atoms with Crippen LogP contribution in [0.4, 0.5) is 17.1 Å². The van der Waals surface area contributed by atoms with Gasteiger partial charge in [0.15, 0.2) is 6.61 Å². The molecule has 134 valence electrons. The second kappa shape index (κ2) is 7.01. The van der Waals surface area contributed by atoms with E-state index in [-0.39, 0.29) is 24.5 Å². The highest BCUT2D eigenvalue weighted by molar-refractivity contribution is 6.31. The van der Waals surface area contributed by atoms with Crippen LogP contribution in [-0.2, 0) is 9.59 Å². The van der Waals surface area contributed by atoms with Crippen molar-refractivity contribution < 1.29 is 19.2 Å². The summed E-state index contributed by atoms with van der Waals surface area (Å²) in [5.74, 6) is -0.610. The molecule has 0 bridgehead atoms. The Balaban J connectivity index is 1.84. The number of benzene rings is 2. The van der Waals surface area contributed by atoms with Crippen molar-refractivity contribution in [2.75, 3.05) is 23.4 Å². The van der Waals surface area contributed by atoms with Crippen molar-refractivity contribution in [2.24, 2.45) is 0 Å². The monoisotopic (exact) mass is 375 g/mol. The van der Waals surface area contributed by atoms with Crippen molar-refractivity contribution in [3.8, 4) is 5.75 Å². The summed E-state index contributed by atoms with van der Waals surface area (Å²) in [6, 6.07) is 8.97. The van der Waals surface area contributed by atoms with Gasteiger partial charge < -0.3 is 10.1 Å². The third-order valence-corrected chi connectivity index (χ3v) is 4.11. The number of amides is 2. The number of nitro groups is 1. The Morgan fingerprint density at radius 3 is 2.85 bits per heavy atom. The van der Waals surface area contributed by atoms with Gasteiger partial charge in [-0.2, -0.15) is 0 Å². The predicted molar refractivity (Wildman–Crippen MR) is 95.8 cm³/mol. The van der Waals surface area contributed by atoms with Crippen LogP contribution in [0.3, 0.4) is 0 Å². The van der Waals surface area contributed by atoms with Crippen LogP contribution in [0.5, 0.6) is 5.75 Å². The number of halogens is 1. The number of carbonyl (C=O) groups excluding carboxylic acids is 2. The third-order valence-electron chi connectivity index (χ3n) is 3.87. The molecule has 2 aromatic rings. The minimum Gasteiger partial charge on any atom is -0.482 e. The normalized spacial score (nSPS) is 13.0. The standard InChI is InChI=1S/C17H14ClN3O5/c1-10-2-3-11(18)6-13(10)19-16(22)8-20-14-7-12(21(24)25)4-5-15(14)26-9-17(20)23/h2-7H,8-9H2,1H3,(H,19,22). The zero-order valence-corrected chi connectivity index (χ0v) is 14.4. The van der Waals surface area contributed by atoms with E-state index in [1.54, 1.807) is 18.2 Å². The smallest absolute Gasteiger partial charge is 0.271 e. The van der Waals surface area contributed by atoms with E-state index in [9.17, 15) is 19.7 Å². The van der Waals surface area contributed by atoms with Crippen LogP contribution in [0.2, 0.25) is 5.02 Å². The van der Waals surface area contributed by atoms with Gasteiger partial charge in [-0.25, -0.2) is 0 Å². The minimum atomic E-state index is -0.576. The highest BCUT2D eigenvalue weighted by Gasteiger charge is 2.29. The number of ether oxygens (including phenoxy) is 1. The zero-order valence-electron chi connectivity index (χ0n) is 13.7. The first kappa shape index (κ1) is 17.7. The Morgan fingerprint density at radius 1 is 1.35 bits per heavy atom. The summed E-state index contributed by atoms with van der Waals surface area (Å²) in [7, 11) is 0. The summed E-state index contributed by atoms with van der Waals surface area (Å²) in [5, 5.41) is 14.1. The van der Waals surface area contributed by atoms with Crippen LogP contribution < -0.4 is 15.0 Å². The summed E-state index contributed by atoms with van der Waals surface area (Å²) in [6.07, 6.45) is 0. The number of rotatable bonds is 4. The maximum atomic E-state index is 12.4. The number of carbonyl (C=O) groups is 2. The predicted octanol–water partition coefficient (Wildman–Crippen LogP) is 2.92. The van der Waals surface area contributed by atoms with Crippen LogP contribution in [0.1, 0.15) is 5.56 Å². The van der Waals surface area contributed by atoms with E-state index < -0.39 is 16.7 Å². The van der Waals surface area contributed by atoms with Gasteiger partial charge in [0.2, 0.25) is 5.91 Å². The molecule has 0 spiro atoms. The van der Waals surface area contributed by atoms with Gasteiger partial charge in [-0.1, -0.05) is 17.7 Å². The summed E-state index contributed by atoms with van der Waals surface area (Å²) >= 11 is 5.93. The Hall–Kier alpha value is -3.13. The van der Waals surface area contributed by atoms with Gasteiger partial charge in [-0.3, -0.25) is 24.6 Å². The van der Waals surface area contributed by atoms with Crippen molar-refractivity contribution in [3.05, 3.63) is 57.1 Å². The molecular formula is C17H14ClN3O5. The van der Waals surface area contributed by atoms with Gasteiger partial charge in [-0.05, 0) is 30.7 Å². The molecule has 26 heavy (non-hydrogen) atoms.